The summed E-state index contributed by atoms with van der Waals surface area (Å²) < 4.78 is 55.8. The van der Waals surface area contributed by atoms with Gasteiger partial charge in [-0.25, -0.2) is 9.97 Å². The topological polar surface area (TPSA) is 111 Å². The van der Waals surface area contributed by atoms with E-state index in [9.17, 15) is 22.5 Å². The Balaban J connectivity index is 1.75. The molecular weight excluding hydrogens is 469 g/mol. The zero-order chi connectivity index (χ0) is 24.5. The highest BCUT2D eigenvalue weighted by Gasteiger charge is 2.35. The molecule has 1 aliphatic heterocycles. The molecule has 1 saturated heterocycles. The Morgan fingerprint density at radius 2 is 1.88 bits per heavy atom. The van der Waals surface area contributed by atoms with E-state index < -0.39 is 28.9 Å². The van der Waals surface area contributed by atoms with E-state index in [-0.39, 0.29) is 33.2 Å². The molecule has 3 aromatic rings. The zero-order valence-corrected chi connectivity index (χ0v) is 18.9. The number of aromatic nitrogens is 3. The number of halogens is 3. The van der Waals surface area contributed by atoms with Gasteiger partial charge >= 0.3 is 6.18 Å². The van der Waals surface area contributed by atoms with E-state index in [0.717, 1.165) is 12.1 Å². The quantitative estimate of drug-likeness (QED) is 0.429. The van der Waals surface area contributed by atoms with E-state index >= 15 is 0 Å². The molecule has 0 saturated carbocycles. The number of carbonyl (C=O) groups is 1. The molecule has 3 heterocycles. The van der Waals surface area contributed by atoms with Crippen LogP contribution in [0.5, 0.6) is 0 Å². The van der Waals surface area contributed by atoms with Gasteiger partial charge in [0.1, 0.15) is 0 Å². The van der Waals surface area contributed by atoms with E-state index in [2.05, 4.69) is 19.9 Å². The van der Waals surface area contributed by atoms with Crippen LogP contribution in [0.25, 0.3) is 11.3 Å². The molecule has 0 bridgehead atoms. The summed E-state index contributed by atoms with van der Waals surface area (Å²) in [7, 11) is 1.92. The summed E-state index contributed by atoms with van der Waals surface area (Å²) in [6, 6.07) is 6.23. The van der Waals surface area contributed by atoms with Crippen LogP contribution in [-0.2, 0) is 17.5 Å². The van der Waals surface area contributed by atoms with Crippen molar-refractivity contribution in [2.75, 3.05) is 39.0 Å². The van der Waals surface area contributed by atoms with Gasteiger partial charge in [-0.15, -0.1) is 4.31 Å². The molecule has 0 radical (unpaired) electrons. The second kappa shape index (κ2) is 9.66. The molecule has 4 rings (SSSR count). The van der Waals surface area contributed by atoms with Gasteiger partial charge < -0.3 is 15.2 Å². The van der Waals surface area contributed by atoms with Gasteiger partial charge in [0.25, 0.3) is 0 Å². The van der Waals surface area contributed by atoms with Crippen molar-refractivity contribution in [3.05, 3.63) is 65.7 Å². The first kappa shape index (κ1) is 24.1. The Kier molecular flexibility index (Phi) is 6.84. The maximum absolute atomic E-state index is 13.7. The lowest BCUT2D eigenvalue weighted by molar-refractivity contribution is -0.137. The molecule has 1 aliphatic rings. The SMILES string of the molecule is CN1CCN([S+]([O-])c2cc(-c3cnc(N)c(C(=O)c4cccnc4)n3)cc(C(F)(F)F)c2)CC1. The molecule has 1 unspecified atom stereocenters. The molecule has 0 aliphatic carbocycles. The number of hydrogen-bond acceptors (Lipinski definition) is 8. The molecule has 0 amide bonds. The van der Waals surface area contributed by atoms with Crippen molar-refractivity contribution in [1.82, 2.24) is 24.2 Å². The molecule has 12 heteroatoms. The Hall–Kier alpha value is -3.06. The van der Waals surface area contributed by atoms with E-state index in [1.807, 2.05) is 7.05 Å². The van der Waals surface area contributed by atoms with Crippen LogP contribution in [-0.4, -0.2) is 67.7 Å². The Morgan fingerprint density at radius 3 is 2.53 bits per heavy atom. The maximum Gasteiger partial charge on any atom is 0.416 e. The average molecular weight is 491 g/mol. The standard InChI is InChI=1S/C22H21F3N6O2S/c1-30-5-7-31(8-6-30)34(33)17-10-15(9-16(11-17)22(23,24)25)18-13-28-21(26)19(29-18)20(32)14-3-2-4-27-12-14/h2-4,9-13H,5-8H2,1H3,(H2,26,28). The number of piperazine rings is 1. The van der Waals surface area contributed by atoms with Crippen molar-refractivity contribution in [3.8, 4) is 11.3 Å². The van der Waals surface area contributed by atoms with Gasteiger partial charge in [-0.05, 0) is 25.2 Å². The fraction of sp³-hybridized carbons (Fsp3) is 0.273. The summed E-state index contributed by atoms with van der Waals surface area (Å²) in [5.41, 5.74) is 4.90. The maximum atomic E-state index is 13.7. The second-order valence-corrected chi connectivity index (χ2v) is 9.27. The predicted molar refractivity (Wildman–Crippen MR) is 120 cm³/mol. The molecule has 2 aromatic heterocycles. The van der Waals surface area contributed by atoms with Crippen molar-refractivity contribution in [2.45, 2.75) is 11.1 Å². The van der Waals surface area contributed by atoms with E-state index in [1.165, 1.54) is 30.7 Å². The number of nitrogen functional groups attached to an aromatic ring is 1. The van der Waals surface area contributed by atoms with Gasteiger partial charge in [0, 0.05) is 48.7 Å². The molecule has 178 valence electrons. The summed E-state index contributed by atoms with van der Waals surface area (Å²) in [4.78, 5) is 26.9. The summed E-state index contributed by atoms with van der Waals surface area (Å²) in [6.45, 7) is 2.22. The van der Waals surface area contributed by atoms with E-state index in [4.69, 9.17) is 5.73 Å². The first-order valence-electron chi connectivity index (χ1n) is 10.3. The van der Waals surface area contributed by atoms with Gasteiger partial charge in [-0.1, -0.05) is 0 Å². The van der Waals surface area contributed by atoms with Crippen LogP contribution in [0.2, 0.25) is 0 Å². The molecule has 2 N–H and O–H groups in total. The third kappa shape index (κ3) is 5.20. The number of likely N-dealkylation sites (N-methyl/N-ethyl adjacent to an activating group) is 1. The second-order valence-electron chi connectivity index (χ2n) is 7.79. The van der Waals surface area contributed by atoms with Gasteiger partial charge in [-0.3, -0.25) is 9.78 Å². The minimum atomic E-state index is -4.67. The summed E-state index contributed by atoms with van der Waals surface area (Å²) in [5.74, 6) is -0.723. The van der Waals surface area contributed by atoms with Crippen LogP contribution in [0.4, 0.5) is 19.0 Å². The number of nitrogens with zero attached hydrogens (tertiary/aromatic N) is 5. The lowest BCUT2D eigenvalue weighted by atomic mass is 10.1. The third-order valence-electron chi connectivity index (χ3n) is 5.37. The number of nitrogens with two attached hydrogens (primary N) is 1. The number of hydrogen-bond donors (Lipinski definition) is 1. The number of pyridine rings is 1. The van der Waals surface area contributed by atoms with Crippen molar-refractivity contribution in [1.29, 1.82) is 0 Å². The fourth-order valence-corrected chi connectivity index (χ4v) is 4.70. The molecule has 1 atom stereocenters. The number of anilines is 1. The number of alkyl halides is 3. The van der Waals surface area contributed by atoms with Crippen LogP contribution in [0, 0.1) is 0 Å². The van der Waals surface area contributed by atoms with Crippen LogP contribution in [0.1, 0.15) is 21.6 Å². The van der Waals surface area contributed by atoms with E-state index in [0.29, 0.717) is 26.2 Å². The van der Waals surface area contributed by atoms with Crippen LogP contribution in [0.15, 0.2) is 53.8 Å². The summed E-state index contributed by atoms with van der Waals surface area (Å²) in [6.07, 6.45) is -0.662. The van der Waals surface area contributed by atoms with Gasteiger partial charge in [0.05, 0.1) is 41.9 Å². The molecule has 1 aromatic carbocycles. The molecule has 1 fully saturated rings. The van der Waals surface area contributed by atoms with Crippen LogP contribution < -0.4 is 5.73 Å². The van der Waals surface area contributed by atoms with Crippen LogP contribution >= 0.6 is 0 Å². The number of benzene rings is 1. The van der Waals surface area contributed by atoms with Crippen molar-refractivity contribution in [3.63, 3.8) is 0 Å². The Labute approximate surface area is 197 Å². The normalized spacial score (nSPS) is 16.4. The number of ketones is 1. The van der Waals surface area contributed by atoms with E-state index in [1.54, 1.807) is 10.4 Å². The van der Waals surface area contributed by atoms with Gasteiger partial charge in [-0.2, -0.15) is 13.2 Å². The summed E-state index contributed by atoms with van der Waals surface area (Å²) in [5, 5.41) is 0. The monoisotopic (exact) mass is 490 g/mol. The average Bonchev–Trinajstić information content (AvgIpc) is 2.83. The summed E-state index contributed by atoms with van der Waals surface area (Å²) >= 11 is -1.80. The number of carbonyl (C=O) groups excluding carboxylic acids is 1. The van der Waals surface area contributed by atoms with Crippen LogP contribution in [0.3, 0.4) is 0 Å². The molecule has 8 nitrogen and oxygen atoms in total. The highest BCUT2D eigenvalue weighted by atomic mass is 32.2. The molecule has 34 heavy (non-hydrogen) atoms. The highest BCUT2D eigenvalue weighted by molar-refractivity contribution is 7.89. The van der Waals surface area contributed by atoms with Gasteiger partial charge in [0.15, 0.2) is 16.4 Å². The lowest BCUT2D eigenvalue weighted by Crippen LogP contribution is -2.47. The minimum absolute atomic E-state index is 0.00386. The zero-order valence-electron chi connectivity index (χ0n) is 18.1. The largest absolute Gasteiger partial charge is 0.593 e. The first-order valence-corrected chi connectivity index (χ1v) is 11.4. The Bertz CT molecular complexity index is 1190. The van der Waals surface area contributed by atoms with Crippen molar-refractivity contribution >= 4 is 23.0 Å². The third-order valence-corrected chi connectivity index (χ3v) is 6.84. The van der Waals surface area contributed by atoms with Crippen molar-refractivity contribution < 1.29 is 22.5 Å². The van der Waals surface area contributed by atoms with Gasteiger partial charge in [0.2, 0.25) is 5.78 Å². The molecule has 0 spiro atoms. The molecular formula is C22H21F3N6O2S. The lowest BCUT2D eigenvalue weighted by Gasteiger charge is -2.32. The smallest absolute Gasteiger partial charge is 0.416 e. The first-order chi connectivity index (χ1) is 16.1. The number of rotatable bonds is 5. The predicted octanol–water partition coefficient (Wildman–Crippen LogP) is 2.64. The highest BCUT2D eigenvalue weighted by Crippen LogP contribution is 2.35. The van der Waals surface area contributed by atoms with Crippen molar-refractivity contribution in [2.24, 2.45) is 0 Å². The fourth-order valence-electron chi connectivity index (χ4n) is 3.45. The minimum Gasteiger partial charge on any atom is -0.593 e. The Morgan fingerprint density at radius 1 is 1.15 bits per heavy atom.